The number of ether oxygens (including phenoxy) is 1. The van der Waals surface area contributed by atoms with Crippen LogP contribution in [-0.4, -0.2) is 126 Å². The molecular formula is C18H34N4O4. The standard InChI is InChI=1S/C18H34N4O4/c1-2-19-7-9-20(10-8-19)11-12-22-15-18(26-17(22)25)3-5-21(6-4-18)13-16(24)14-23/h16,23-24H,2-15H2,1H3/t16-/m1/s1. The zero-order valence-electron chi connectivity index (χ0n) is 16.0. The molecule has 150 valence electrons. The number of hydrogen-bond acceptors (Lipinski definition) is 7. The molecule has 1 atom stereocenters. The zero-order valence-corrected chi connectivity index (χ0v) is 16.0. The molecule has 1 spiro atoms. The fourth-order valence-corrected chi connectivity index (χ4v) is 4.22. The lowest BCUT2D eigenvalue weighted by atomic mass is 9.91. The molecular weight excluding hydrogens is 336 g/mol. The van der Waals surface area contributed by atoms with Crippen LogP contribution in [0.15, 0.2) is 0 Å². The number of piperidine rings is 1. The number of likely N-dealkylation sites (tertiary alicyclic amines) is 1. The summed E-state index contributed by atoms with van der Waals surface area (Å²) in [6.45, 7) is 11.9. The van der Waals surface area contributed by atoms with Crippen LogP contribution in [0.2, 0.25) is 0 Å². The van der Waals surface area contributed by atoms with Crippen LogP contribution >= 0.6 is 0 Å². The van der Waals surface area contributed by atoms with E-state index in [-0.39, 0.29) is 18.3 Å². The third-order valence-corrected chi connectivity index (χ3v) is 6.09. The minimum absolute atomic E-state index is 0.180. The van der Waals surface area contributed by atoms with Crippen molar-refractivity contribution in [1.82, 2.24) is 19.6 Å². The lowest BCUT2D eigenvalue weighted by Crippen LogP contribution is -2.50. The molecule has 3 heterocycles. The van der Waals surface area contributed by atoms with Crippen LogP contribution in [-0.2, 0) is 4.74 Å². The number of piperazine rings is 1. The average molecular weight is 370 g/mol. The quantitative estimate of drug-likeness (QED) is 0.611. The van der Waals surface area contributed by atoms with E-state index in [2.05, 4.69) is 21.6 Å². The summed E-state index contributed by atoms with van der Waals surface area (Å²) < 4.78 is 5.78. The molecule has 3 aliphatic rings. The van der Waals surface area contributed by atoms with Crippen molar-refractivity contribution in [3.05, 3.63) is 0 Å². The molecule has 0 radical (unpaired) electrons. The van der Waals surface area contributed by atoms with E-state index in [4.69, 9.17) is 9.84 Å². The first-order valence-corrected chi connectivity index (χ1v) is 9.97. The van der Waals surface area contributed by atoms with Crippen molar-refractivity contribution in [1.29, 1.82) is 0 Å². The van der Waals surface area contributed by atoms with Gasteiger partial charge in [0.15, 0.2) is 0 Å². The van der Waals surface area contributed by atoms with Crippen molar-refractivity contribution in [3.63, 3.8) is 0 Å². The molecule has 8 heteroatoms. The fourth-order valence-electron chi connectivity index (χ4n) is 4.22. The van der Waals surface area contributed by atoms with Gasteiger partial charge in [0.05, 0.1) is 19.3 Å². The monoisotopic (exact) mass is 370 g/mol. The fraction of sp³-hybridized carbons (Fsp3) is 0.944. The Balaban J connectivity index is 1.41. The Hall–Kier alpha value is -0.930. The number of β-amino-alcohol motifs (C(OH)–C–C–N with tert-alkyl or cyclic N) is 1. The molecule has 26 heavy (non-hydrogen) atoms. The van der Waals surface area contributed by atoms with Crippen LogP contribution in [0.3, 0.4) is 0 Å². The lowest BCUT2D eigenvalue weighted by Gasteiger charge is -2.38. The summed E-state index contributed by atoms with van der Waals surface area (Å²) in [4.78, 5) is 21.2. The third-order valence-electron chi connectivity index (χ3n) is 6.09. The van der Waals surface area contributed by atoms with Gasteiger partial charge in [-0.15, -0.1) is 0 Å². The number of hydrogen-bond donors (Lipinski definition) is 2. The number of likely N-dealkylation sites (N-methyl/N-ethyl adjacent to an activating group) is 1. The summed E-state index contributed by atoms with van der Waals surface area (Å²) in [5.74, 6) is 0. The maximum Gasteiger partial charge on any atom is 0.410 e. The smallest absolute Gasteiger partial charge is 0.410 e. The highest BCUT2D eigenvalue weighted by molar-refractivity contribution is 5.70. The second-order valence-electron chi connectivity index (χ2n) is 7.89. The van der Waals surface area contributed by atoms with E-state index in [1.165, 1.54) is 0 Å². The number of rotatable bonds is 7. The molecule has 3 rings (SSSR count). The van der Waals surface area contributed by atoms with E-state index >= 15 is 0 Å². The van der Waals surface area contributed by atoms with Gasteiger partial charge in [-0.25, -0.2) is 4.79 Å². The maximum absolute atomic E-state index is 12.3. The third kappa shape index (κ3) is 4.86. The van der Waals surface area contributed by atoms with Gasteiger partial charge in [-0.3, -0.25) is 4.90 Å². The van der Waals surface area contributed by atoms with E-state index in [9.17, 15) is 9.90 Å². The van der Waals surface area contributed by atoms with Gasteiger partial charge in [-0.2, -0.15) is 0 Å². The number of carbonyl (C=O) groups is 1. The van der Waals surface area contributed by atoms with Gasteiger partial charge in [0, 0.05) is 71.7 Å². The number of aliphatic hydroxyl groups is 2. The summed E-state index contributed by atoms with van der Waals surface area (Å²) in [5, 5.41) is 18.6. The van der Waals surface area contributed by atoms with E-state index in [0.29, 0.717) is 13.1 Å². The van der Waals surface area contributed by atoms with Crippen molar-refractivity contribution in [2.45, 2.75) is 31.5 Å². The Labute approximate surface area is 156 Å². The van der Waals surface area contributed by atoms with Gasteiger partial charge in [-0.1, -0.05) is 6.92 Å². The second-order valence-corrected chi connectivity index (χ2v) is 7.89. The minimum Gasteiger partial charge on any atom is -0.441 e. The van der Waals surface area contributed by atoms with Gasteiger partial charge >= 0.3 is 6.09 Å². The van der Waals surface area contributed by atoms with Crippen molar-refractivity contribution in [2.24, 2.45) is 0 Å². The molecule has 0 aromatic carbocycles. The van der Waals surface area contributed by atoms with E-state index in [1.54, 1.807) is 0 Å². The van der Waals surface area contributed by atoms with Gasteiger partial charge < -0.3 is 29.6 Å². The van der Waals surface area contributed by atoms with E-state index in [1.807, 2.05) is 4.90 Å². The Morgan fingerprint density at radius 3 is 2.31 bits per heavy atom. The molecule has 0 aliphatic carbocycles. The zero-order chi connectivity index (χ0) is 18.6. The number of aliphatic hydroxyl groups excluding tert-OH is 2. The Morgan fingerprint density at radius 2 is 1.69 bits per heavy atom. The number of carbonyl (C=O) groups excluding carboxylic acids is 1. The SMILES string of the molecule is CCN1CCN(CCN2CC3(CCN(C[C@@H](O)CO)CC3)OC2=O)CC1. The predicted molar refractivity (Wildman–Crippen MR) is 98.1 cm³/mol. The average Bonchev–Trinajstić information content (AvgIpc) is 2.97. The molecule has 3 fully saturated rings. The van der Waals surface area contributed by atoms with Gasteiger partial charge in [0.25, 0.3) is 0 Å². The Morgan fingerprint density at radius 1 is 1.04 bits per heavy atom. The summed E-state index contributed by atoms with van der Waals surface area (Å²) in [6.07, 6.45) is 0.714. The van der Waals surface area contributed by atoms with Crippen LogP contribution in [0.5, 0.6) is 0 Å². The van der Waals surface area contributed by atoms with Crippen LogP contribution < -0.4 is 0 Å². The number of nitrogens with zero attached hydrogens (tertiary/aromatic N) is 4. The largest absolute Gasteiger partial charge is 0.441 e. The van der Waals surface area contributed by atoms with E-state index < -0.39 is 6.10 Å². The van der Waals surface area contributed by atoms with Gasteiger partial charge in [0.2, 0.25) is 0 Å². The molecule has 0 aromatic rings. The van der Waals surface area contributed by atoms with Gasteiger partial charge in [-0.05, 0) is 6.54 Å². The molecule has 8 nitrogen and oxygen atoms in total. The van der Waals surface area contributed by atoms with E-state index in [0.717, 1.165) is 71.7 Å². The summed E-state index contributed by atoms with van der Waals surface area (Å²) >= 11 is 0. The van der Waals surface area contributed by atoms with Crippen LogP contribution in [0.25, 0.3) is 0 Å². The first-order chi connectivity index (χ1) is 12.5. The highest BCUT2D eigenvalue weighted by Gasteiger charge is 2.46. The topological polar surface area (TPSA) is 79.7 Å². The molecule has 2 N–H and O–H groups in total. The normalized spacial score (nSPS) is 26.4. The van der Waals surface area contributed by atoms with Crippen molar-refractivity contribution < 1.29 is 19.7 Å². The molecule has 0 aromatic heterocycles. The van der Waals surface area contributed by atoms with Crippen LogP contribution in [0, 0.1) is 0 Å². The number of amides is 1. The van der Waals surface area contributed by atoms with Gasteiger partial charge in [0.1, 0.15) is 5.60 Å². The molecule has 0 saturated carbocycles. The molecule has 0 unspecified atom stereocenters. The summed E-state index contributed by atoms with van der Waals surface area (Å²) in [5.41, 5.74) is -0.362. The lowest BCUT2D eigenvalue weighted by molar-refractivity contribution is -0.0159. The molecule has 3 saturated heterocycles. The maximum atomic E-state index is 12.3. The molecule has 1 amide bonds. The summed E-state index contributed by atoms with van der Waals surface area (Å²) in [7, 11) is 0. The predicted octanol–water partition coefficient (Wildman–Crippen LogP) is -0.736. The first-order valence-electron chi connectivity index (χ1n) is 9.97. The molecule has 0 bridgehead atoms. The molecule has 3 aliphatic heterocycles. The second kappa shape index (κ2) is 8.84. The van der Waals surface area contributed by atoms with Crippen molar-refractivity contribution in [2.75, 3.05) is 78.6 Å². The highest BCUT2D eigenvalue weighted by Crippen LogP contribution is 2.33. The highest BCUT2D eigenvalue weighted by atomic mass is 16.6. The van der Waals surface area contributed by atoms with Crippen molar-refractivity contribution >= 4 is 6.09 Å². The van der Waals surface area contributed by atoms with Crippen LogP contribution in [0.1, 0.15) is 19.8 Å². The van der Waals surface area contributed by atoms with Crippen LogP contribution in [0.4, 0.5) is 4.79 Å². The Kier molecular flexibility index (Phi) is 6.74. The Bertz CT molecular complexity index is 462. The minimum atomic E-state index is -0.695. The summed E-state index contributed by atoms with van der Waals surface area (Å²) in [6, 6.07) is 0. The first kappa shape index (κ1) is 19.8. The van der Waals surface area contributed by atoms with Crippen molar-refractivity contribution in [3.8, 4) is 0 Å².